The number of carbonyl (C=O) groups excluding carboxylic acids is 1. The predicted octanol–water partition coefficient (Wildman–Crippen LogP) is 2.74. The monoisotopic (exact) mass is 278 g/mol. The van der Waals surface area contributed by atoms with E-state index >= 15 is 0 Å². The lowest BCUT2D eigenvalue weighted by atomic mass is 10.2. The zero-order valence-electron chi connectivity index (χ0n) is 10.5. The summed E-state index contributed by atoms with van der Waals surface area (Å²) in [6, 6.07) is 0.368. The molecule has 0 aromatic carbocycles. The summed E-state index contributed by atoms with van der Waals surface area (Å²) in [6.45, 7) is 4.84. The molecule has 5 nitrogen and oxygen atoms in total. The van der Waals surface area contributed by atoms with E-state index in [0.29, 0.717) is 6.07 Å². The van der Waals surface area contributed by atoms with E-state index in [0.717, 1.165) is 6.20 Å². The molecule has 2 N–H and O–H groups in total. The highest BCUT2D eigenvalue weighted by Crippen LogP contribution is 2.26. The molecule has 1 aromatic heterocycles. The highest BCUT2D eigenvalue weighted by atomic mass is 19.4. The van der Waals surface area contributed by atoms with Gasteiger partial charge in [-0.2, -0.15) is 13.2 Å². The number of pyridine rings is 1. The van der Waals surface area contributed by atoms with E-state index in [1.54, 1.807) is 20.8 Å². The number of alkyl halides is 3. The molecule has 0 bridgehead atoms. The number of ether oxygens (including phenoxy) is 1. The first-order valence-corrected chi connectivity index (χ1v) is 5.29. The molecule has 0 spiro atoms. The van der Waals surface area contributed by atoms with Crippen LogP contribution in [0.15, 0.2) is 17.1 Å². The minimum absolute atomic E-state index is 0.317. The molecule has 0 fully saturated rings. The number of hydrogen-bond donors (Lipinski definition) is 2. The average molecular weight is 278 g/mol. The first-order chi connectivity index (χ1) is 8.49. The van der Waals surface area contributed by atoms with Crippen LogP contribution in [-0.4, -0.2) is 16.7 Å². The van der Waals surface area contributed by atoms with Gasteiger partial charge in [0.25, 0.3) is 0 Å². The smallest absolute Gasteiger partial charge is 0.431 e. The molecular formula is C11H13F3N2O3. The maximum absolute atomic E-state index is 12.3. The van der Waals surface area contributed by atoms with Crippen LogP contribution in [0.25, 0.3) is 0 Å². The first-order valence-electron chi connectivity index (χ1n) is 5.29. The molecule has 0 aliphatic carbocycles. The van der Waals surface area contributed by atoms with Crippen molar-refractivity contribution in [1.29, 1.82) is 0 Å². The Kier molecular flexibility index (Phi) is 3.92. The molecule has 19 heavy (non-hydrogen) atoms. The molecule has 0 radical (unpaired) electrons. The summed E-state index contributed by atoms with van der Waals surface area (Å²) in [7, 11) is 0. The normalized spacial score (nSPS) is 12.1. The quantitative estimate of drug-likeness (QED) is 0.829. The number of hydrogen-bond acceptors (Lipinski definition) is 3. The van der Waals surface area contributed by atoms with Crippen molar-refractivity contribution in [1.82, 2.24) is 4.98 Å². The van der Waals surface area contributed by atoms with Gasteiger partial charge < -0.3 is 9.72 Å². The van der Waals surface area contributed by atoms with Gasteiger partial charge in [0.2, 0.25) is 5.43 Å². The topological polar surface area (TPSA) is 71.2 Å². The molecule has 0 aliphatic rings. The summed E-state index contributed by atoms with van der Waals surface area (Å²) in [4.78, 5) is 24.6. The summed E-state index contributed by atoms with van der Waals surface area (Å²) in [6.07, 6.45) is -4.80. The Morgan fingerprint density at radius 3 is 2.32 bits per heavy atom. The van der Waals surface area contributed by atoms with Crippen LogP contribution in [0.4, 0.5) is 23.7 Å². The zero-order chi connectivity index (χ0) is 14.8. The Bertz CT molecular complexity index is 529. The molecule has 0 unspecified atom stereocenters. The Balaban J connectivity index is 2.88. The van der Waals surface area contributed by atoms with E-state index in [4.69, 9.17) is 4.74 Å². The number of halogens is 3. The highest BCUT2D eigenvalue weighted by Gasteiger charge is 2.32. The molecule has 8 heteroatoms. The number of nitrogens with one attached hydrogen (secondary N) is 2. The molecule has 106 valence electrons. The molecule has 0 aliphatic heterocycles. The lowest BCUT2D eigenvalue weighted by Crippen LogP contribution is -2.29. The van der Waals surface area contributed by atoms with Crippen LogP contribution < -0.4 is 10.7 Å². The third kappa shape index (κ3) is 4.65. The van der Waals surface area contributed by atoms with E-state index < -0.39 is 29.0 Å². The molecule has 1 rings (SSSR count). The maximum Gasteiger partial charge on any atom is 0.431 e. The van der Waals surface area contributed by atoms with Gasteiger partial charge in [-0.15, -0.1) is 0 Å². The lowest BCUT2D eigenvalue weighted by molar-refractivity contribution is -0.141. The van der Waals surface area contributed by atoms with E-state index in [1.807, 2.05) is 4.98 Å². The molecule has 0 saturated carbocycles. The van der Waals surface area contributed by atoms with Crippen molar-refractivity contribution < 1.29 is 22.7 Å². The summed E-state index contributed by atoms with van der Waals surface area (Å²) < 4.78 is 41.8. The summed E-state index contributed by atoms with van der Waals surface area (Å²) in [5.74, 6) is 0. The van der Waals surface area contributed by atoms with Crippen LogP contribution in [0.1, 0.15) is 26.5 Å². The third-order valence-corrected chi connectivity index (χ3v) is 1.85. The van der Waals surface area contributed by atoms with Crippen molar-refractivity contribution in [3.63, 3.8) is 0 Å². The van der Waals surface area contributed by atoms with Crippen LogP contribution in [-0.2, 0) is 10.9 Å². The van der Waals surface area contributed by atoms with Gasteiger partial charge in [0.1, 0.15) is 17.0 Å². The predicted molar refractivity (Wildman–Crippen MR) is 61.9 cm³/mol. The number of aromatic nitrogens is 1. The van der Waals surface area contributed by atoms with Gasteiger partial charge >= 0.3 is 12.3 Å². The van der Waals surface area contributed by atoms with Crippen molar-refractivity contribution in [2.45, 2.75) is 32.5 Å². The van der Waals surface area contributed by atoms with Gasteiger partial charge in [-0.3, -0.25) is 10.1 Å². The standard InChI is InChI=1S/C11H13F3N2O3/c1-10(2,3)19-9(18)16-6-5-15-8(4-7(6)17)11(12,13)14/h4-5H,1-3H3,(H,15,17)(H,16,18). The van der Waals surface area contributed by atoms with Crippen molar-refractivity contribution in [2.24, 2.45) is 0 Å². The van der Waals surface area contributed by atoms with Gasteiger partial charge in [-0.25, -0.2) is 4.79 Å². The number of anilines is 1. The average Bonchev–Trinajstić information content (AvgIpc) is 2.16. The van der Waals surface area contributed by atoms with Crippen molar-refractivity contribution in [3.8, 4) is 0 Å². The Hall–Kier alpha value is -1.99. The molecular weight excluding hydrogens is 265 g/mol. The lowest BCUT2D eigenvalue weighted by Gasteiger charge is -2.19. The molecule has 0 atom stereocenters. The van der Waals surface area contributed by atoms with Crippen molar-refractivity contribution in [3.05, 3.63) is 28.2 Å². The number of amides is 1. The van der Waals surface area contributed by atoms with Gasteiger partial charge in [-0.05, 0) is 20.8 Å². The van der Waals surface area contributed by atoms with E-state index in [2.05, 4.69) is 5.32 Å². The minimum atomic E-state index is -4.65. The van der Waals surface area contributed by atoms with Crippen molar-refractivity contribution >= 4 is 11.8 Å². The van der Waals surface area contributed by atoms with Crippen molar-refractivity contribution in [2.75, 3.05) is 5.32 Å². The Labute approximate surface area is 106 Å². The summed E-state index contributed by atoms with van der Waals surface area (Å²) in [5, 5.41) is 2.07. The first kappa shape index (κ1) is 15.1. The number of H-pyrrole nitrogens is 1. The maximum atomic E-state index is 12.3. The van der Waals surface area contributed by atoms with E-state index in [-0.39, 0.29) is 5.69 Å². The van der Waals surface area contributed by atoms with Gasteiger partial charge in [0.05, 0.1) is 0 Å². The summed E-state index contributed by atoms with van der Waals surface area (Å²) in [5.41, 5.74) is -3.24. The fraction of sp³-hybridized carbons (Fsp3) is 0.455. The highest BCUT2D eigenvalue weighted by molar-refractivity contribution is 5.84. The second-order valence-corrected chi connectivity index (χ2v) is 4.75. The van der Waals surface area contributed by atoms with Gasteiger partial charge in [-0.1, -0.05) is 0 Å². The fourth-order valence-electron chi connectivity index (χ4n) is 1.15. The largest absolute Gasteiger partial charge is 0.444 e. The number of carbonyl (C=O) groups is 1. The van der Waals surface area contributed by atoms with Crippen LogP contribution in [0.3, 0.4) is 0 Å². The molecule has 1 aromatic rings. The molecule has 1 amide bonds. The molecule has 1 heterocycles. The van der Waals surface area contributed by atoms with E-state index in [1.165, 1.54) is 0 Å². The van der Waals surface area contributed by atoms with E-state index in [9.17, 15) is 22.8 Å². The fourth-order valence-corrected chi connectivity index (χ4v) is 1.15. The summed E-state index contributed by atoms with van der Waals surface area (Å²) >= 11 is 0. The minimum Gasteiger partial charge on any atom is -0.444 e. The van der Waals surface area contributed by atoms with Gasteiger partial charge in [0.15, 0.2) is 0 Å². The van der Waals surface area contributed by atoms with Crippen LogP contribution in [0.2, 0.25) is 0 Å². The van der Waals surface area contributed by atoms with Crippen LogP contribution in [0.5, 0.6) is 0 Å². The van der Waals surface area contributed by atoms with Crippen LogP contribution >= 0.6 is 0 Å². The SMILES string of the molecule is CC(C)(C)OC(=O)Nc1c[nH]c(C(F)(F)F)cc1=O. The Morgan fingerprint density at radius 2 is 1.89 bits per heavy atom. The second kappa shape index (κ2) is 4.94. The molecule has 0 saturated heterocycles. The third-order valence-electron chi connectivity index (χ3n) is 1.85. The zero-order valence-corrected chi connectivity index (χ0v) is 10.5. The second-order valence-electron chi connectivity index (χ2n) is 4.75. The number of rotatable bonds is 1. The Morgan fingerprint density at radius 1 is 1.32 bits per heavy atom. The van der Waals surface area contributed by atoms with Crippen LogP contribution in [0, 0.1) is 0 Å². The number of aromatic amines is 1. The van der Waals surface area contributed by atoms with Gasteiger partial charge in [0, 0.05) is 12.3 Å².